The Kier molecular flexibility index (Phi) is 4.70. The van der Waals surface area contributed by atoms with E-state index in [1.807, 2.05) is 0 Å². The highest BCUT2D eigenvalue weighted by Gasteiger charge is 2.44. The maximum atomic E-state index is 12.5. The third-order valence-electron chi connectivity index (χ3n) is 4.53. The van der Waals surface area contributed by atoms with Gasteiger partial charge in [-0.3, -0.25) is 9.78 Å². The molecule has 0 saturated carbocycles. The van der Waals surface area contributed by atoms with Gasteiger partial charge in [-0.2, -0.15) is 11.8 Å². The van der Waals surface area contributed by atoms with Gasteiger partial charge >= 0.3 is 5.97 Å². The summed E-state index contributed by atoms with van der Waals surface area (Å²) >= 11 is 1.58. The second-order valence-electron chi connectivity index (χ2n) is 6.00. The van der Waals surface area contributed by atoms with Gasteiger partial charge in [0.1, 0.15) is 11.4 Å². The molecule has 0 aromatic carbocycles. The van der Waals surface area contributed by atoms with Crippen LogP contribution in [0.4, 0.5) is 5.82 Å². The fourth-order valence-corrected chi connectivity index (χ4v) is 4.37. The fourth-order valence-electron chi connectivity index (χ4n) is 3.05. The van der Waals surface area contributed by atoms with E-state index in [1.165, 1.54) is 0 Å². The molecule has 1 unspecified atom stereocenters. The Bertz CT molecular complexity index is 569. The number of hydrogen-bond donors (Lipinski definition) is 2. The summed E-state index contributed by atoms with van der Waals surface area (Å²) in [5, 5.41) is 12.3. The molecule has 124 valence electrons. The number of aliphatic carboxylic acids is 1. The van der Waals surface area contributed by atoms with Crippen molar-refractivity contribution in [3.05, 3.63) is 18.6 Å². The summed E-state index contributed by atoms with van der Waals surface area (Å²) in [6, 6.07) is 0. The maximum Gasteiger partial charge on any atom is 0.330 e. The van der Waals surface area contributed by atoms with Crippen molar-refractivity contribution in [2.75, 3.05) is 29.5 Å². The molecule has 3 rings (SSSR count). The molecule has 2 saturated heterocycles. The number of nitrogens with zero attached hydrogens (tertiary/aromatic N) is 3. The maximum absolute atomic E-state index is 12.5. The molecule has 1 aromatic rings. The normalized spacial score (nSPS) is 25.3. The van der Waals surface area contributed by atoms with Crippen molar-refractivity contribution < 1.29 is 14.7 Å². The van der Waals surface area contributed by atoms with Crippen molar-refractivity contribution >= 4 is 29.5 Å². The number of piperidine rings is 1. The Hall–Kier alpha value is -1.83. The van der Waals surface area contributed by atoms with E-state index in [9.17, 15) is 14.7 Å². The van der Waals surface area contributed by atoms with E-state index >= 15 is 0 Å². The number of amides is 1. The molecule has 1 amide bonds. The second-order valence-corrected chi connectivity index (χ2v) is 7.11. The number of carbonyl (C=O) groups excluding carboxylic acids is 1. The summed E-state index contributed by atoms with van der Waals surface area (Å²) in [5.74, 6) is 0.858. The predicted molar refractivity (Wildman–Crippen MR) is 87.4 cm³/mol. The molecule has 0 bridgehead atoms. The number of hydrogen-bond acceptors (Lipinski definition) is 6. The van der Waals surface area contributed by atoms with Gasteiger partial charge in [0.05, 0.1) is 6.20 Å². The lowest BCUT2D eigenvalue weighted by Crippen LogP contribution is -2.57. The minimum Gasteiger partial charge on any atom is -0.479 e. The van der Waals surface area contributed by atoms with Crippen LogP contribution in [0.3, 0.4) is 0 Å². The first-order chi connectivity index (χ1) is 11.1. The van der Waals surface area contributed by atoms with Crippen molar-refractivity contribution in [1.29, 1.82) is 0 Å². The van der Waals surface area contributed by atoms with Gasteiger partial charge in [-0.15, -0.1) is 0 Å². The molecule has 1 atom stereocenters. The van der Waals surface area contributed by atoms with Gasteiger partial charge in [-0.1, -0.05) is 0 Å². The minimum absolute atomic E-state index is 0.131. The summed E-state index contributed by atoms with van der Waals surface area (Å²) < 4.78 is 0. The van der Waals surface area contributed by atoms with Crippen LogP contribution in [0.2, 0.25) is 0 Å². The molecule has 2 N–H and O–H groups in total. The van der Waals surface area contributed by atoms with E-state index in [0.29, 0.717) is 25.0 Å². The molecule has 23 heavy (non-hydrogen) atoms. The smallest absolute Gasteiger partial charge is 0.330 e. The van der Waals surface area contributed by atoms with Gasteiger partial charge in [0.25, 0.3) is 0 Å². The van der Waals surface area contributed by atoms with Crippen molar-refractivity contribution in [2.45, 2.75) is 24.8 Å². The lowest BCUT2D eigenvalue weighted by Gasteiger charge is -2.34. The van der Waals surface area contributed by atoms with Crippen LogP contribution in [-0.2, 0) is 9.59 Å². The zero-order valence-corrected chi connectivity index (χ0v) is 13.6. The highest BCUT2D eigenvalue weighted by molar-refractivity contribution is 7.99. The quantitative estimate of drug-likeness (QED) is 0.838. The van der Waals surface area contributed by atoms with Gasteiger partial charge in [-0.05, 0) is 25.0 Å². The van der Waals surface area contributed by atoms with E-state index in [0.717, 1.165) is 24.7 Å². The highest BCUT2D eigenvalue weighted by Crippen LogP contribution is 2.29. The van der Waals surface area contributed by atoms with Crippen molar-refractivity contribution in [1.82, 2.24) is 15.3 Å². The monoisotopic (exact) mass is 336 g/mol. The zero-order valence-electron chi connectivity index (χ0n) is 12.8. The van der Waals surface area contributed by atoms with E-state index < -0.39 is 11.5 Å². The third-order valence-corrected chi connectivity index (χ3v) is 5.72. The molecule has 7 nitrogen and oxygen atoms in total. The van der Waals surface area contributed by atoms with Crippen LogP contribution < -0.4 is 10.2 Å². The highest BCUT2D eigenvalue weighted by atomic mass is 32.2. The Balaban J connectivity index is 1.57. The summed E-state index contributed by atoms with van der Waals surface area (Å²) in [6.07, 6.45) is 6.90. The largest absolute Gasteiger partial charge is 0.479 e. The van der Waals surface area contributed by atoms with Gasteiger partial charge in [-0.25, -0.2) is 9.78 Å². The Morgan fingerprint density at radius 1 is 1.35 bits per heavy atom. The van der Waals surface area contributed by atoms with Crippen LogP contribution in [-0.4, -0.2) is 57.1 Å². The molecule has 0 radical (unpaired) electrons. The number of carboxylic acid groups (broad SMARTS) is 1. The van der Waals surface area contributed by atoms with Crippen molar-refractivity contribution in [3.63, 3.8) is 0 Å². The van der Waals surface area contributed by atoms with E-state index in [4.69, 9.17) is 0 Å². The molecule has 0 spiro atoms. The lowest BCUT2D eigenvalue weighted by atomic mass is 9.92. The number of anilines is 1. The number of carboxylic acids is 1. The minimum atomic E-state index is -1.08. The van der Waals surface area contributed by atoms with Crippen LogP contribution >= 0.6 is 11.8 Å². The zero-order chi connectivity index (χ0) is 16.3. The number of aromatic nitrogens is 2. The molecular formula is C15H20N4O3S. The molecule has 2 aliphatic rings. The van der Waals surface area contributed by atoms with Crippen LogP contribution in [0.15, 0.2) is 18.6 Å². The average Bonchev–Trinajstić information content (AvgIpc) is 3.06. The number of rotatable bonds is 4. The number of nitrogens with one attached hydrogen (secondary N) is 1. The van der Waals surface area contributed by atoms with Crippen LogP contribution in [0, 0.1) is 5.92 Å². The SMILES string of the molecule is O=C(NC1(C(=O)O)CCSC1)C1CCN(c2cnccn2)CC1. The molecule has 1 aromatic heterocycles. The summed E-state index contributed by atoms with van der Waals surface area (Å²) in [4.78, 5) is 34.4. The molecule has 2 aliphatic heterocycles. The molecule has 3 heterocycles. The van der Waals surface area contributed by atoms with Gasteiger partial charge in [0, 0.05) is 37.2 Å². The molecule has 8 heteroatoms. The Morgan fingerprint density at radius 3 is 2.70 bits per heavy atom. The predicted octanol–water partition coefficient (Wildman–Crippen LogP) is 0.769. The molecule has 0 aliphatic carbocycles. The Labute approximate surface area is 138 Å². The van der Waals surface area contributed by atoms with Gasteiger partial charge in [0.2, 0.25) is 5.91 Å². The first-order valence-corrected chi connectivity index (χ1v) is 8.90. The average molecular weight is 336 g/mol. The van der Waals surface area contributed by atoms with Crippen molar-refractivity contribution in [3.8, 4) is 0 Å². The van der Waals surface area contributed by atoms with E-state index in [1.54, 1.807) is 30.4 Å². The second kappa shape index (κ2) is 6.74. The standard InChI is InChI=1S/C15H20N4O3S/c20-13(18-15(14(21)22)3-8-23-10-15)11-1-6-19(7-2-11)12-9-16-4-5-17-12/h4-5,9,11H,1-3,6-8,10H2,(H,18,20)(H,21,22). The van der Waals surface area contributed by atoms with Crippen molar-refractivity contribution in [2.24, 2.45) is 5.92 Å². The van der Waals surface area contributed by atoms with Crippen LogP contribution in [0.5, 0.6) is 0 Å². The lowest BCUT2D eigenvalue weighted by molar-refractivity contribution is -0.147. The van der Waals surface area contributed by atoms with Gasteiger partial charge < -0.3 is 15.3 Å². The molecular weight excluding hydrogens is 316 g/mol. The summed E-state index contributed by atoms with van der Waals surface area (Å²) in [5.41, 5.74) is -1.08. The van der Waals surface area contributed by atoms with Crippen LogP contribution in [0.25, 0.3) is 0 Å². The first kappa shape index (κ1) is 16.0. The van der Waals surface area contributed by atoms with Gasteiger partial charge in [0.15, 0.2) is 0 Å². The van der Waals surface area contributed by atoms with Crippen LogP contribution in [0.1, 0.15) is 19.3 Å². The fraction of sp³-hybridized carbons (Fsp3) is 0.600. The summed E-state index contributed by atoms with van der Waals surface area (Å²) in [6.45, 7) is 1.46. The van der Waals surface area contributed by atoms with E-state index in [2.05, 4.69) is 20.2 Å². The third kappa shape index (κ3) is 3.41. The Morgan fingerprint density at radius 2 is 2.13 bits per heavy atom. The van der Waals surface area contributed by atoms with E-state index in [-0.39, 0.29) is 11.8 Å². The molecule has 2 fully saturated rings. The topological polar surface area (TPSA) is 95.4 Å². The first-order valence-electron chi connectivity index (χ1n) is 7.75. The summed E-state index contributed by atoms with van der Waals surface area (Å²) in [7, 11) is 0. The number of carbonyl (C=O) groups is 2. The number of thioether (sulfide) groups is 1.